The van der Waals surface area contributed by atoms with E-state index in [9.17, 15) is 27.6 Å². The maximum absolute atomic E-state index is 14.8. The normalized spacial score (nSPS) is 18.6. The molecule has 5 rings (SSSR count). The predicted octanol–water partition coefficient (Wildman–Crippen LogP) is 5.73. The lowest BCUT2D eigenvalue weighted by Gasteiger charge is -2.37. The van der Waals surface area contributed by atoms with Gasteiger partial charge in [-0.2, -0.15) is 4.31 Å². The number of hydrogen-bond acceptors (Lipinski definition) is 10. The van der Waals surface area contributed by atoms with Gasteiger partial charge in [0.1, 0.15) is 12.1 Å². The molecule has 4 N–H and O–H groups in total. The fourth-order valence-corrected chi connectivity index (χ4v) is 11.2. The van der Waals surface area contributed by atoms with Crippen LogP contribution in [0.5, 0.6) is 0 Å². The molecule has 4 amide bonds. The smallest absolute Gasteiger partial charge is 0.245 e. The van der Waals surface area contributed by atoms with Crippen molar-refractivity contribution in [3.63, 3.8) is 0 Å². The van der Waals surface area contributed by atoms with Gasteiger partial charge in [-0.05, 0) is 125 Å². The van der Waals surface area contributed by atoms with Gasteiger partial charge in [-0.1, -0.05) is 102 Å². The number of rotatable bonds is 22. The van der Waals surface area contributed by atoms with Crippen molar-refractivity contribution >= 4 is 45.6 Å². The largest absolute Gasteiger partial charge is 0.342 e. The Labute approximate surface area is 411 Å². The van der Waals surface area contributed by atoms with Crippen molar-refractivity contribution < 1.29 is 27.6 Å². The van der Waals surface area contributed by atoms with Gasteiger partial charge < -0.3 is 31.1 Å². The van der Waals surface area contributed by atoms with Crippen LogP contribution in [0.25, 0.3) is 0 Å². The van der Waals surface area contributed by atoms with Crippen LogP contribution >= 0.6 is 11.9 Å². The molecular weight excluding hydrogens is 897 g/mol. The Morgan fingerprint density at radius 2 is 1.07 bits per heavy atom. The Morgan fingerprint density at radius 1 is 0.647 bits per heavy atom. The quantitative estimate of drug-likeness (QED) is 0.0916. The molecule has 68 heavy (non-hydrogen) atoms. The second-order valence-corrected chi connectivity index (χ2v) is 23.7. The molecule has 6 atom stereocenters. The summed E-state index contributed by atoms with van der Waals surface area (Å²) < 4.78 is 33.4. The molecule has 16 heteroatoms. The molecule has 0 spiro atoms. The molecular formula is C52H78N8O6S2. The van der Waals surface area contributed by atoms with Crippen molar-refractivity contribution in [2.75, 3.05) is 53.4 Å². The molecule has 2 aliphatic rings. The summed E-state index contributed by atoms with van der Waals surface area (Å²) in [6.45, 7) is 17.9. The number of likely N-dealkylation sites (tertiary alicyclic amines) is 2. The molecule has 0 radical (unpaired) electrons. The summed E-state index contributed by atoms with van der Waals surface area (Å²) in [6.07, 6.45) is 4.32. The zero-order valence-corrected chi connectivity index (χ0v) is 43.7. The van der Waals surface area contributed by atoms with Crippen molar-refractivity contribution in [1.29, 1.82) is 0 Å². The predicted molar refractivity (Wildman–Crippen MR) is 272 cm³/mol. The van der Waals surface area contributed by atoms with E-state index in [-0.39, 0.29) is 53.7 Å². The van der Waals surface area contributed by atoms with Crippen molar-refractivity contribution in [2.45, 2.75) is 140 Å². The monoisotopic (exact) mass is 975 g/mol. The van der Waals surface area contributed by atoms with Crippen LogP contribution in [0, 0.1) is 10.8 Å². The van der Waals surface area contributed by atoms with Gasteiger partial charge in [-0.3, -0.25) is 19.2 Å². The van der Waals surface area contributed by atoms with E-state index in [1.165, 1.54) is 9.87 Å². The fourth-order valence-electron chi connectivity index (χ4n) is 8.78. The zero-order valence-electron chi connectivity index (χ0n) is 42.1. The van der Waals surface area contributed by atoms with Gasteiger partial charge in [-0.25, -0.2) is 12.7 Å². The SMILES string of the molecule is CN[C@@H](C)C(=O)N[C@H](C(=O)N1CCC[C@H]1CN(CCc1ccccc1)Sc1ccc(S(=O)(=O)N(CCc2ccccc2)C[C@@H]2CCCN2C(=O)[C@@H](NC(=O)[C@H](C)NC)C(C)(C)C)cc1)C(C)(C)C. The molecule has 0 aromatic heterocycles. The molecule has 2 saturated heterocycles. The van der Waals surface area contributed by atoms with E-state index in [0.29, 0.717) is 39.0 Å². The molecule has 14 nitrogen and oxygen atoms in total. The van der Waals surface area contributed by atoms with E-state index in [4.69, 9.17) is 0 Å². The molecule has 0 aliphatic carbocycles. The van der Waals surface area contributed by atoms with Crippen molar-refractivity contribution in [2.24, 2.45) is 10.8 Å². The minimum absolute atomic E-state index is 0.0823. The maximum atomic E-state index is 14.8. The summed E-state index contributed by atoms with van der Waals surface area (Å²) in [5.41, 5.74) is 1.10. The Morgan fingerprint density at radius 3 is 1.50 bits per heavy atom. The minimum Gasteiger partial charge on any atom is -0.342 e. The molecule has 374 valence electrons. The summed E-state index contributed by atoms with van der Waals surface area (Å²) in [7, 11) is -0.615. The summed E-state index contributed by atoms with van der Waals surface area (Å²) in [4.78, 5) is 59.6. The van der Waals surface area contributed by atoms with E-state index in [1.807, 2.05) is 107 Å². The highest BCUT2D eigenvalue weighted by molar-refractivity contribution is 7.97. The summed E-state index contributed by atoms with van der Waals surface area (Å²) in [6, 6.07) is 24.2. The average Bonchev–Trinajstić information content (AvgIpc) is 3.99. The summed E-state index contributed by atoms with van der Waals surface area (Å²) >= 11 is 1.55. The molecule has 2 heterocycles. The van der Waals surface area contributed by atoms with Crippen LogP contribution in [-0.4, -0.2) is 140 Å². The van der Waals surface area contributed by atoms with Gasteiger partial charge >= 0.3 is 0 Å². The van der Waals surface area contributed by atoms with Crippen LogP contribution in [0.15, 0.2) is 94.7 Å². The first-order valence-corrected chi connectivity index (χ1v) is 26.5. The van der Waals surface area contributed by atoms with Gasteiger partial charge in [0, 0.05) is 56.2 Å². The number of nitrogens with zero attached hydrogens (tertiary/aromatic N) is 4. The lowest BCUT2D eigenvalue weighted by molar-refractivity contribution is -0.140. The number of nitrogens with one attached hydrogen (secondary N) is 4. The first-order chi connectivity index (χ1) is 32.1. The Hall–Kier alpha value is -4.32. The zero-order chi connectivity index (χ0) is 49.8. The second-order valence-electron chi connectivity index (χ2n) is 20.6. The maximum Gasteiger partial charge on any atom is 0.245 e. The minimum atomic E-state index is -4.04. The molecule has 2 aliphatic heterocycles. The Balaban J connectivity index is 1.38. The Bertz CT molecular complexity index is 2220. The summed E-state index contributed by atoms with van der Waals surface area (Å²) in [5, 5.41) is 11.9. The van der Waals surface area contributed by atoms with E-state index in [1.54, 1.807) is 56.9 Å². The highest BCUT2D eigenvalue weighted by atomic mass is 32.2. The van der Waals surface area contributed by atoms with E-state index < -0.39 is 45.0 Å². The van der Waals surface area contributed by atoms with E-state index in [0.717, 1.165) is 36.1 Å². The second kappa shape index (κ2) is 24.5. The number of sulfonamides is 1. The molecule has 0 bridgehead atoms. The highest BCUT2D eigenvalue weighted by Gasteiger charge is 2.43. The number of carbonyl (C=O) groups is 4. The fraction of sp³-hybridized carbons (Fsp3) is 0.577. The van der Waals surface area contributed by atoms with Crippen molar-refractivity contribution in [3.05, 3.63) is 96.1 Å². The lowest BCUT2D eigenvalue weighted by atomic mass is 9.85. The van der Waals surface area contributed by atoms with Gasteiger partial charge in [-0.15, -0.1) is 0 Å². The lowest BCUT2D eigenvalue weighted by Crippen LogP contribution is -2.59. The van der Waals surface area contributed by atoms with E-state index in [2.05, 4.69) is 37.7 Å². The first-order valence-electron chi connectivity index (χ1n) is 24.3. The van der Waals surface area contributed by atoms with Gasteiger partial charge in [0.05, 0.1) is 17.0 Å². The number of carbonyl (C=O) groups excluding carboxylic acids is 4. The average molecular weight is 975 g/mol. The van der Waals surface area contributed by atoms with Gasteiger partial charge in [0.15, 0.2) is 0 Å². The van der Waals surface area contributed by atoms with Crippen molar-refractivity contribution in [3.8, 4) is 0 Å². The topological polar surface area (TPSA) is 163 Å². The van der Waals surface area contributed by atoms with E-state index >= 15 is 0 Å². The third kappa shape index (κ3) is 14.8. The molecule has 3 aromatic carbocycles. The van der Waals surface area contributed by atoms with Crippen molar-refractivity contribution in [1.82, 2.24) is 39.7 Å². The molecule has 0 unspecified atom stereocenters. The number of hydrogen-bond donors (Lipinski definition) is 4. The highest BCUT2D eigenvalue weighted by Crippen LogP contribution is 2.32. The number of benzene rings is 3. The number of likely N-dealkylation sites (N-methyl/N-ethyl adjacent to an activating group) is 2. The third-order valence-electron chi connectivity index (χ3n) is 13.3. The van der Waals surface area contributed by atoms with Crippen LogP contribution < -0.4 is 21.3 Å². The Kier molecular flexibility index (Phi) is 19.7. The summed E-state index contributed by atoms with van der Waals surface area (Å²) in [5.74, 6) is -0.781. The number of amides is 4. The molecule has 3 aromatic rings. The van der Waals surface area contributed by atoms with Crippen LogP contribution in [0.1, 0.15) is 92.2 Å². The van der Waals surface area contributed by atoms with Crippen LogP contribution in [0.3, 0.4) is 0 Å². The third-order valence-corrected chi connectivity index (χ3v) is 16.2. The van der Waals surface area contributed by atoms with Crippen LogP contribution in [0.2, 0.25) is 0 Å². The van der Waals surface area contributed by atoms with Crippen LogP contribution in [-0.2, 0) is 42.0 Å². The first kappa shape index (κ1) is 54.6. The van der Waals surface area contributed by atoms with Gasteiger partial charge in [0.25, 0.3) is 0 Å². The molecule has 0 saturated carbocycles. The standard InChI is InChI=1S/C52H78N8O6S2/c1-37(53-9)47(61)55-45(51(3,4)5)49(63)59-31-17-23-41(59)35-57(33-29-39-19-13-11-14-20-39)67-43-25-27-44(28-26-43)68(65,66)58(34-30-40-21-15-12-16-22-40)36-42-24-18-32-60(42)50(64)46(52(6,7)8)56-48(62)38(2)54-10/h11-16,19-22,25-28,37-38,41-42,45-46,53-54H,17-18,23-24,29-36H2,1-10H3,(H,55,61)(H,56,62)/t37-,38-,41-,42-,45+,46+/m0/s1. The van der Waals surface area contributed by atoms with Gasteiger partial charge in [0.2, 0.25) is 33.7 Å². The molecule has 2 fully saturated rings. The van der Waals surface area contributed by atoms with Crippen LogP contribution in [0.4, 0.5) is 0 Å².